The summed E-state index contributed by atoms with van der Waals surface area (Å²) in [5.74, 6) is -1.21. The van der Waals surface area contributed by atoms with Gasteiger partial charge in [0.25, 0.3) is 0 Å². The Morgan fingerprint density at radius 2 is 2.00 bits per heavy atom. The Morgan fingerprint density at radius 1 is 1.28 bits per heavy atom. The van der Waals surface area contributed by atoms with Gasteiger partial charge in [-0.3, -0.25) is 0 Å². The Bertz CT molecular complexity index is 581. The fourth-order valence-corrected chi connectivity index (χ4v) is 1.95. The molecule has 0 saturated heterocycles. The monoisotopic (exact) mass is 334 g/mol. The first kappa shape index (κ1) is 14.5. The molecule has 0 spiro atoms. The average Bonchev–Trinajstić information content (AvgIpc) is 2.69. The Morgan fingerprint density at radius 3 is 2.67 bits per heavy atom. The predicted molar refractivity (Wildman–Crippen MR) is 73.3 cm³/mol. The van der Waals surface area contributed by atoms with Crippen molar-refractivity contribution < 1.29 is 8.78 Å². The van der Waals surface area contributed by atoms with Gasteiger partial charge in [-0.05, 0) is 18.2 Å². The number of benzene rings is 1. The molecule has 0 saturated carbocycles. The van der Waals surface area contributed by atoms with Gasteiger partial charge in [0.15, 0.2) is 5.96 Å². The minimum Gasteiger partial charge on any atom is -0.370 e. The molecule has 1 aromatic carbocycles. The number of hydrogen-bond acceptors (Lipinski definition) is 3. The highest BCUT2D eigenvalue weighted by Gasteiger charge is 2.10. The normalized spacial score (nSPS) is 9.67. The molecule has 0 radical (unpaired) electrons. The highest BCUT2D eigenvalue weighted by atomic mass is 79.9. The van der Waals surface area contributed by atoms with Gasteiger partial charge in [0.1, 0.15) is 11.6 Å². The van der Waals surface area contributed by atoms with Crippen LogP contribution in [0.2, 0.25) is 0 Å². The molecule has 0 atom stereocenters. The quantitative estimate of drug-likeness (QED) is 0.654. The maximum atomic E-state index is 13.4. The molecule has 0 aliphatic rings. The molecule has 0 unspecified atom stereocenters. The van der Waals surface area contributed by atoms with Crippen LogP contribution in [0.25, 0.3) is 11.3 Å². The molecule has 1 aromatic heterocycles. The Kier molecular flexibility index (Phi) is 4.74. The molecule has 0 aliphatic carbocycles. The van der Waals surface area contributed by atoms with Crippen molar-refractivity contribution in [1.29, 1.82) is 0 Å². The molecule has 0 aliphatic heterocycles. The van der Waals surface area contributed by atoms with E-state index in [0.29, 0.717) is 10.8 Å². The zero-order valence-electron chi connectivity index (χ0n) is 8.93. The summed E-state index contributed by atoms with van der Waals surface area (Å²) in [7, 11) is 0. The molecule has 2 aromatic rings. The van der Waals surface area contributed by atoms with Crippen LogP contribution in [-0.4, -0.2) is 10.9 Å². The first-order valence-electron chi connectivity index (χ1n) is 4.57. The molecule has 18 heavy (non-hydrogen) atoms. The number of halogens is 3. The SMILES string of the molecule is Br.NC(N)=Nc1nc(-c2cc(F)ccc2F)cs1. The molecule has 8 heteroatoms. The average molecular weight is 335 g/mol. The third kappa shape index (κ3) is 3.23. The highest BCUT2D eigenvalue weighted by Crippen LogP contribution is 2.28. The first-order chi connectivity index (χ1) is 8.06. The van der Waals surface area contributed by atoms with E-state index in [1.165, 1.54) is 0 Å². The van der Waals surface area contributed by atoms with Gasteiger partial charge < -0.3 is 11.5 Å². The molecule has 0 amide bonds. The largest absolute Gasteiger partial charge is 0.370 e. The van der Waals surface area contributed by atoms with E-state index < -0.39 is 11.6 Å². The summed E-state index contributed by atoms with van der Waals surface area (Å²) in [6, 6.07) is 3.16. The number of rotatable bonds is 2. The van der Waals surface area contributed by atoms with Crippen molar-refractivity contribution >= 4 is 39.4 Å². The van der Waals surface area contributed by atoms with E-state index >= 15 is 0 Å². The van der Waals surface area contributed by atoms with Crippen LogP contribution in [0.4, 0.5) is 13.9 Å². The summed E-state index contributed by atoms with van der Waals surface area (Å²) in [5, 5.41) is 1.85. The number of nitrogens with zero attached hydrogens (tertiary/aromatic N) is 2. The number of hydrogen-bond donors (Lipinski definition) is 2. The lowest BCUT2D eigenvalue weighted by Crippen LogP contribution is -2.21. The lowest BCUT2D eigenvalue weighted by molar-refractivity contribution is 0.603. The summed E-state index contributed by atoms with van der Waals surface area (Å²) in [6.45, 7) is 0. The maximum Gasteiger partial charge on any atom is 0.212 e. The van der Waals surface area contributed by atoms with Crippen LogP contribution in [0, 0.1) is 11.6 Å². The minimum absolute atomic E-state index is 0. The fourth-order valence-electron chi connectivity index (χ4n) is 1.24. The van der Waals surface area contributed by atoms with Gasteiger partial charge in [-0.1, -0.05) is 0 Å². The van der Waals surface area contributed by atoms with Crippen LogP contribution in [0.1, 0.15) is 0 Å². The second kappa shape index (κ2) is 5.87. The lowest BCUT2D eigenvalue weighted by atomic mass is 10.1. The summed E-state index contributed by atoms with van der Waals surface area (Å²) < 4.78 is 26.4. The predicted octanol–water partition coefficient (Wildman–Crippen LogP) is 2.57. The molecule has 1 heterocycles. The molecule has 0 fully saturated rings. The van der Waals surface area contributed by atoms with Gasteiger partial charge in [-0.2, -0.15) is 4.99 Å². The van der Waals surface area contributed by atoms with Crippen molar-refractivity contribution in [2.75, 3.05) is 0 Å². The topological polar surface area (TPSA) is 77.3 Å². The Balaban J connectivity index is 0.00000162. The van der Waals surface area contributed by atoms with Crippen LogP contribution in [0.3, 0.4) is 0 Å². The van der Waals surface area contributed by atoms with Crippen molar-refractivity contribution in [2.45, 2.75) is 0 Å². The van der Waals surface area contributed by atoms with Gasteiger partial charge >= 0.3 is 0 Å². The van der Waals surface area contributed by atoms with Crippen molar-refractivity contribution in [3.8, 4) is 11.3 Å². The summed E-state index contributed by atoms with van der Waals surface area (Å²) >= 11 is 1.14. The number of thiazole rings is 1. The van der Waals surface area contributed by atoms with Crippen LogP contribution in [-0.2, 0) is 0 Å². The number of aliphatic imine (C=N–C) groups is 1. The van der Waals surface area contributed by atoms with Crippen molar-refractivity contribution in [3.63, 3.8) is 0 Å². The van der Waals surface area contributed by atoms with Crippen molar-refractivity contribution in [3.05, 3.63) is 35.2 Å². The van der Waals surface area contributed by atoms with Crippen LogP contribution < -0.4 is 11.5 Å². The third-order valence-corrected chi connectivity index (χ3v) is 2.66. The molecule has 96 valence electrons. The van der Waals surface area contributed by atoms with Gasteiger partial charge in [-0.25, -0.2) is 13.8 Å². The summed E-state index contributed by atoms with van der Waals surface area (Å²) in [6.07, 6.45) is 0. The second-order valence-corrected chi connectivity index (χ2v) is 4.01. The highest BCUT2D eigenvalue weighted by molar-refractivity contribution is 8.93. The smallest absolute Gasteiger partial charge is 0.212 e. The molecule has 2 rings (SSSR count). The van der Waals surface area contributed by atoms with Crippen LogP contribution in [0.5, 0.6) is 0 Å². The van der Waals surface area contributed by atoms with E-state index in [0.717, 1.165) is 29.5 Å². The van der Waals surface area contributed by atoms with E-state index in [4.69, 9.17) is 11.5 Å². The molecular formula is C10H9BrF2N4S. The van der Waals surface area contributed by atoms with Gasteiger partial charge in [-0.15, -0.1) is 28.3 Å². The van der Waals surface area contributed by atoms with Gasteiger partial charge in [0, 0.05) is 10.9 Å². The Labute approximate surface area is 116 Å². The molecular weight excluding hydrogens is 326 g/mol. The lowest BCUT2D eigenvalue weighted by Gasteiger charge is -1.98. The van der Waals surface area contributed by atoms with Gasteiger partial charge in [0.2, 0.25) is 5.13 Å². The molecule has 4 nitrogen and oxygen atoms in total. The minimum atomic E-state index is -0.548. The Hall–Kier alpha value is -1.54. The van der Waals surface area contributed by atoms with Gasteiger partial charge in [0.05, 0.1) is 5.69 Å². The second-order valence-electron chi connectivity index (χ2n) is 3.18. The molecule has 4 N–H and O–H groups in total. The standard InChI is InChI=1S/C10H8F2N4S.BrH/c11-5-1-2-7(12)6(3-5)8-4-17-10(15-8)16-9(13)14;/h1-4H,(H4,13,14,15,16);1H. The molecule has 0 bridgehead atoms. The van der Waals surface area contributed by atoms with Crippen LogP contribution in [0.15, 0.2) is 28.6 Å². The zero-order valence-corrected chi connectivity index (χ0v) is 11.5. The number of guanidine groups is 1. The third-order valence-electron chi connectivity index (χ3n) is 1.92. The van der Waals surface area contributed by atoms with E-state index in [1.54, 1.807) is 5.38 Å². The maximum absolute atomic E-state index is 13.4. The van der Waals surface area contributed by atoms with Crippen LogP contribution >= 0.6 is 28.3 Å². The van der Waals surface area contributed by atoms with E-state index in [9.17, 15) is 8.78 Å². The zero-order chi connectivity index (χ0) is 12.4. The fraction of sp³-hybridized carbons (Fsp3) is 0. The number of nitrogens with two attached hydrogens (primary N) is 2. The van der Waals surface area contributed by atoms with Crippen molar-refractivity contribution in [2.24, 2.45) is 16.5 Å². The first-order valence-corrected chi connectivity index (χ1v) is 5.45. The van der Waals surface area contributed by atoms with E-state index in [-0.39, 0.29) is 28.5 Å². The van der Waals surface area contributed by atoms with Crippen molar-refractivity contribution in [1.82, 2.24) is 4.98 Å². The summed E-state index contributed by atoms with van der Waals surface area (Å²) in [5.41, 5.74) is 10.8. The van der Waals surface area contributed by atoms with E-state index in [1.807, 2.05) is 0 Å². The number of aromatic nitrogens is 1. The van der Waals surface area contributed by atoms with E-state index in [2.05, 4.69) is 9.98 Å². The summed E-state index contributed by atoms with van der Waals surface area (Å²) in [4.78, 5) is 7.71.